The molecule has 1 aliphatic rings. The Labute approximate surface area is 251 Å². The van der Waals surface area contributed by atoms with Crippen LogP contribution in [0.4, 0.5) is 0 Å². The second-order valence-corrected chi connectivity index (χ2v) is 12.4. The van der Waals surface area contributed by atoms with Crippen molar-refractivity contribution in [3.63, 3.8) is 0 Å². The van der Waals surface area contributed by atoms with E-state index in [1.54, 1.807) is 0 Å². The van der Waals surface area contributed by atoms with Gasteiger partial charge in [0.25, 0.3) is 0 Å². The topological polar surface area (TPSA) is 12.9 Å². The molecule has 7 aromatic carbocycles. The smallest absolute Gasteiger partial charge is 0.0780 e. The van der Waals surface area contributed by atoms with Crippen LogP contribution in [-0.4, -0.2) is 4.98 Å². The number of rotatable bonds is 2. The van der Waals surface area contributed by atoms with Crippen LogP contribution in [0, 0.1) is 0 Å². The van der Waals surface area contributed by atoms with Crippen molar-refractivity contribution in [2.45, 2.75) is 19.3 Å². The fourth-order valence-electron chi connectivity index (χ4n) is 7.57. The van der Waals surface area contributed by atoms with Gasteiger partial charge in [0.2, 0.25) is 0 Å². The predicted octanol–water partition coefficient (Wildman–Crippen LogP) is 11.3. The van der Waals surface area contributed by atoms with Crippen molar-refractivity contribution in [3.05, 3.63) is 151 Å². The molecule has 0 saturated heterocycles. The minimum absolute atomic E-state index is 0.0403. The van der Waals surface area contributed by atoms with E-state index in [1.807, 2.05) is 6.20 Å². The maximum absolute atomic E-state index is 5.09. The lowest BCUT2D eigenvalue weighted by Gasteiger charge is -2.22. The summed E-state index contributed by atoms with van der Waals surface area (Å²) in [5.41, 5.74) is 10.0. The van der Waals surface area contributed by atoms with Gasteiger partial charge in [-0.2, -0.15) is 0 Å². The van der Waals surface area contributed by atoms with Gasteiger partial charge in [0.05, 0.1) is 5.69 Å². The number of pyridine rings is 1. The van der Waals surface area contributed by atoms with E-state index in [1.165, 1.54) is 70.9 Å². The van der Waals surface area contributed by atoms with Crippen LogP contribution in [0.5, 0.6) is 0 Å². The number of hydrogen-bond acceptors (Lipinski definition) is 1. The molecule has 43 heavy (non-hydrogen) atoms. The summed E-state index contributed by atoms with van der Waals surface area (Å²) in [5, 5.41) is 10.2. The Morgan fingerprint density at radius 2 is 1.00 bits per heavy atom. The average Bonchev–Trinajstić information content (AvgIpc) is 3.29. The summed E-state index contributed by atoms with van der Waals surface area (Å²) in [6.07, 6.45) is 2.04. The van der Waals surface area contributed by atoms with Crippen LogP contribution in [-0.2, 0) is 5.41 Å². The van der Waals surface area contributed by atoms with Gasteiger partial charge in [-0.05, 0) is 83.7 Å². The molecule has 0 amide bonds. The van der Waals surface area contributed by atoms with Gasteiger partial charge in [-0.3, -0.25) is 4.98 Å². The highest BCUT2D eigenvalue weighted by molar-refractivity contribution is 6.27. The summed E-state index contributed by atoms with van der Waals surface area (Å²) in [7, 11) is 0. The Hall–Kier alpha value is -5.27. The van der Waals surface area contributed by atoms with Crippen molar-refractivity contribution in [2.24, 2.45) is 0 Å². The van der Waals surface area contributed by atoms with Crippen LogP contribution in [0.15, 0.2) is 140 Å². The van der Waals surface area contributed by atoms with Crippen LogP contribution < -0.4 is 0 Å². The highest BCUT2D eigenvalue weighted by Gasteiger charge is 2.35. The van der Waals surface area contributed by atoms with Crippen LogP contribution in [0.2, 0.25) is 0 Å². The highest BCUT2D eigenvalue weighted by Crippen LogP contribution is 2.51. The van der Waals surface area contributed by atoms with E-state index >= 15 is 0 Å². The fraction of sp³-hybridized carbons (Fsp3) is 0.0714. The van der Waals surface area contributed by atoms with E-state index in [9.17, 15) is 0 Å². The fourth-order valence-corrected chi connectivity index (χ4v) is 7.57. The van der Waals surface area contributed by atoms with Gasteiger partial charge < -0.3 is 0 Å². The second-order valence-electron chi connectivity index (χ2n) is 12.4. The molecule has 0 radical (unpaired) electrons. The van der Waals surface area contributed by atoms with Gasteiger partial charge in [0, 0.05) is 28.1 Å². The predicted molar refractivity (Wildman–Crippen MR) is 183 cm³/mol. The molecule has 0 atom stereocenters. The lowest BCUT2D eigenvalue weighted by Crippen LogP contribution is -2.14. The SMILES string of the molecule is CC1(C)c2ccccc2-c2cc3c4ccccc4c4cc(-c5ncc(-c6ccccc6)c6ccccc56)ccc4c3cc21. The first kappa shape index (κ1) is 24.3. The van der Waals surface area contributed by atoms with Crippen LogP contribution in [0.1, 0.15) is 25.0 Å². The monoisotopic (exact) mass is 547 g/mol. The van der Waals surface area contributed by atoms with Crippen molar-refractivity contribution < 1.29 is 0 Å². The van der Waals surface area contributed by atoms with Crippen molar-refractivity contribution >= 4 is 43.1 Å². The highest BCUT2D eigenvalue weighted by atomic mass is 14.7. The number of nitrogens with zero attached hydrogens (tertiary/aromatic N) is 1. The minimum Gasteiger partial charge on any atom is -0.255 e. The Balaban J connectivity index is 1.32. The zero-order valence-corrected chi connectivity index (χ0v) is 24.2. The molecule has 0 N–H and O–H groups in total. The Morgan fingerprint density at radius 3 is 1.79 bits per heavy atom. The van der Waals surface area contributed by atoms with Crippen molar-refractivity contribution in [1.82, 2.24) is 4.98 Å². The number of hydrogen-bond donors (Lipinski definition) is 0. The van der Waals surface area contributed by atoms with E-state index in [2.05, 4.69) is 147 Å². The second kappa shape index (κ2) is 8.86. The van der Waals surface area contributed by atoms with Crippen molar-refractivity contribution in [3.8, 4) is 33.5 Å². The third-order valence-corrected chi connectivity index (χ3v) is 9.69. The van der Waals surface area contributed by atoms with Crippen molar-refractivity contribution in [1.29, 1.82) is 0 Å². The first-order chi connectivity index (χ1) is 21.1. The van der Waals surface area contributed by atoms with Gasteiger partial charge in [0.1, 0.15) is 0 Å². The summed E-state index contributed by atoms with van der Waals surface area (Å²) >= 11 is 0. The molecule has 8 aromatic rings. The molecule has 202 valence electrons. The number of benzene rings is 7. The average molecular weight is 548 g/mol. The molecule has 9 rings (SSSR count). The van der Waals surface area contributed by atoms with Crippen molar-refractivity contribution in [2.75, 3.05) is 0 Å². The molecule has 0 aliphatic heterocycles. The van der Waals surface area contributed by atoms with Gasteiger partial charge in [0.15, 0.2) is 0 Å². The van der Waals surface area contributed by atoms with Gasteiger partial charge in [-0.25, -0.2) is 0 Å². The summed E-state index contributed by atoms with van der Waals surface area (Å²) in [4.78, 5) is 5.09. The number of aromatic nitrogens is 1. The minimum atomic E-state index is -0.0403. The van der Waals surface area contributed by atoms with E-state index < -0.39 is 0 Å². The maximum atomic E-state index is 5.09. The standard InChI is InChI=1S/C42H29N/c1-42(2)39-19-11-10-17-32(39)37-23-35-29-15-7-6-14-28(29)34-22-27(20-21-31(34)36(35)24-40(37)42)41-33-18-9-8-16-30(33)38(25-43-41)26-12-4-3-5-13-26/h3-25H,1-2H3. The molecule has 1 aromatic heterocycles. The summed E-state index contributed by atoms with van der Waals surface area (Å²) in [5.74, 6) is 0. The summed E-state index contributed by atoms with van der Waals surface area (Å²) in [6.45, 7) is 4.72. The lowest BCUT2D eigenvalue weighted by molar-refractivity contribution is 0.661. The Bertz CT molecular complexity index is 2410. The number of fused-ring (bicyclic) bond motifs is 10. The molecular formula is C42H29N. The van der Waals surface area contributed by atoms with Crippen LogP contribution >= 0.6 is 0 Å². The van der Waals surface area contributed by atoms with Gasteiger partial charge >= 0.3 is 0 Å². The lowest BCUT2D eigenvalue weighted by atomic mass is 9.81. The van der Waals surface area contributed by atoms with E-state index in [4.69, 9.17) is 4.98 Å². The maximum Gasteiger partial charge on any atom is 0.0780 e. The quantitative estimate of drug-likeness (QED) is 0.196. The van der Waals surface area contributed by atoms with Crippen LogP contribution in [0.3, 0.4) is 0 Å². The molecular weight excluding hydrogens is 518 g/mol. The van der Waals surface area contributed by atoms with Crippen LogP contribution in [0.25, 0.3) is 76.6 Å². The summed E-state index contributed by atoms with van der Waals surface area (Å²) in [6, 6.07) is 48.9. The first-order valence-electron chi connectivity index (χ1n) is 15.1. The molecule has 1 nitrogen and oxygen atoms in total. The molecule has 0 saturated carbocycles. The van der Waals surface area contributed by atoms with E-state index in [-0.39, 0.29) is 5.41 Å². The van der Waals surface area contributed by atoms with Gasteiger partial charge in [-0.15, -0.1) is 0 Å². The molecule has 0 spiro atoms. The molecule has 1 aliphatic carbocycles. The third-order valence-electron chi connectivity index (χ3n) is 9.69. The van der Waals surface area contributed by atoms with E-state index in [0.29, 0.717) is 0 Å². The normalized spacial score (nSPS) is 13.5. The zero-order chi connectivity index (χ0) is 28.7. The van der Waals surface area contributed by atoms with E-state index in [0.717, 1.165) is 16.8 Å². The molecule has 0 fully saturated rings. The molecule has 0 unspecified atom stereocenters. The first-order valence-corrected chi connectivity index (χ1v) is 15.1. The largest absolute Gasteiger partial charge is 0.255 e. The Kier molecular flexibility index (Phi) is 5.02. The molecule has 1 heteroatoms. The molecule has 1 heterocycles. The Morgan fingerprint density at radius 1 is 0.395 bits per heavy atom. The molecule has 0 bridgehead atoms. The zero-order valence-electron chi connectivity index (χ0n) is 24.2. The van der Waals surface area contributed by atoms with Gasteiger partial charge in [-0.1, -0.05) is 129 Å². The summed E-state index contributed by atoms with van der Waals surface area (Å²) < 4.78 is 0. The third kappa shape index (κ3) is 3.43.